The first-order valence-electron chi connectivity index (χ1n) is 5.74. The van der Waals surface area contributed by atoms with E-state index in [2.05, 4.69) is 21.2 Å². The van der Waals surface area contributed by atoms with E-state index in [9.17, 15) is 13.6 Å². The van der Waals surface area contributed by atoms with Crippen molar-refractivity contribution in [3.8, 4) is 0 Å². The van der Waals surface area contributed by atoms with E-state index in [1.165, 1.54) is 6.07 Å². The number of carbonyl (C=O) groups excluding carboxylic acids is 1. The number of rotatable bonds is 3. The zero-order valence-electron chi connectivity index (χ0n) is 10.5. The monoisotopic (exact) mass is 370 g/mol. The summed E-state index contributed by atoms with van der Waals surface area (Å²) in [5, 5.41) is 2.58. The third-order valence-electron chi connectivity index (χ3n) is 2.68. The third kappa shape index (κ3) is 3.62. The second-order valence-corrected chi connectivity index (χ2v) is 5.44. The third-order valence-corrected chi connectivity index (χ3v) is 3.58. The molecule has 0 unspecified atom stereocenters. The first kappa shape index (κ1) is 15.5. The number of nitrogens with one attached hydrogen (secondary N) is 1. The molecule has 0 fully saturated rings. The molecule has 108 valence electrons. The van der Waals surface area contributed by atoms with Gasteiger partial charge in [0.15, 0.2) is 11.6 Å². The van der Waals surface area contributed by atoms with Crippen molar-refractivity contribution in [1.82, 2.24) is 0 Å². The molecule has 0 spiro atoms. The molecule has 3 N–H and O–H groups in total. The summed E-state index contributed by atoms with van der Waals surface area (Å²) in [7, 11) is 0. The van der Waals surface area contributed by atoms with Crippen LogP contribution in [0.3, 0.4) is 0 Å². The molecule has 0 atom stereocenters. The van der Waals surface area contributed by atoms with Gasteiger partial charge in [0.1, 0.15) is 4.99 Å². The van der Waals surface area contributed by atoms with E-state index in [1.807, 2.05) is 0 Å². The largest absolute Gasteiger partial charge is 0.389 e. The van der Waals surface area contributed by atoms with Gasteiger partial charge in [-0.15, -0.1) is 0 Å². The number of hydrogen-bond acceptors (Lipinski definition) is 2. The minimum absolute atomic E-state index is 0.0132. The fraction of sp³-hybridized carbons (Fsp3) is 0. The Morgan fingerprint density at radius 3 is 2.33 bits per heavy atom. The van der Waals surface area contributed by atoms with E-state index in [4.69, 9.17) is 18.0 Å². The maximum Gasteiger partial charge on any atom is 0.255 e. The second-order valence-electron chi connectivity index (χ2n) is 4.14. The molecule has 2 aromatic rings. The summed E-state index contributed by atoms with van der Waals surface area (Å²) in [6.07, 6.45) is 0. The molecular formula is C14H9BrF2N2OS. The maximum atomic E-state index is 13.1. The quantitative estimate of drug-likeness (QED) is 0.811. The molecule has 0 saturated heterocycles. The van der Waals surface area contributed by atoms with E-state index >= 15 is 0 Å². The number of nitrogens with two attached hydrogens (primary N) is 1. The van der Waals surface area contributed by atoms with Crippen LogP contribution in [0.25, 0.3) is 0 Å². The number of carbonyl (C=O) groups is 1. The summed E-state index contributed by atoms with van der Waals surface area (Å²) in [6, 6.07) is 7.84. The highest BCUT2D eigenvalue weighted by atomic mass is 79.9. The summed E-state index contributed by atoms with van der Waals surface area (Å²) in [5.74, 6) is -2.64. The smallest absolute Gasteiger partial charge is 0.255 e. The Labute approximate surface area is 133 Å². The lowest BCUT2D eigenvalue weighted by Crippen LogP contribution is -2.14. The van der Waals surface area contributed by atoms with Crippen LogP contribution in [0.1, 0.15) is 15.9 Å². The second kappa shape index (κ2) is 6.28. The number of hydrogen-bond donors (Lipinski definition) is 2. The van der Waals surface area contributed by atoms with Crippen molar-refractivity contribution in [2.24, 2.45) is 5.73 Å². The Hall–Kier alpha value is -1.86. The first-order valence-corrected chi connectivity index (χ1v) is 6.94. The highest BCUT2D eigenvalue weighted by Crippen LogP contribution is 2.24. The summed E-state index contributed by atoms with van der Waals surface area (Å²) < 4.78 is 26.5. The van der Waals surface area contributed by atoms with Gasteiger partial charge in [-0.1, -0.05) is 12.2 Å². The number of amides is 1. The molecule has 0 heterocycles. The normalized spacial score (nSPS) is 10.2. The molecule has 21 heavy (non-hydrogen) atoms. The fourth-order valence-electron chi connectivity index (χ4n) is 1.60. The number of thiocarbonyl (C=S) groups is 1. The summed E-state index contributed by atoms with van der Waals surface area (Å²) in [5.41, 5.74) is 6.62. The van der Waals surface area contributed by atoms with Crippen LogP contribution < -0.4 is 11.1 Å². The SMILES string of the molecule is NC(=S)c1ccc(NC(=O)c2ccc(F)c(F)c2)c(Br)c1. The molecule has 0 saturated carbocycles. The first-order chi connectivity index (χ1) is 9.88. The van der Waals surface area contributed by atoms with E-state index in [0.717, 1.165) is 12.1 Å². The average Bonchev–Trinajstić information content (AvgIpc) is 2.43. The zero-order chi connectivity index (χ0) is 15.6. The van der Waals surface area contributed by atoms with E-state index < -0.39 is 17.5 Å². The maximum absolute atomic E-state index is 13.1. The number of anilines is 1. The van der Waals surface area contributed by atoms with E-state index in [1.54, 1.807) is 18.2 Å². The minimum atomic E-state index is -1.08. The lowest BCUT2D eigenvalue weighted by atomic mass is 10.1. The molecule has 1 amide bonds. The Balaban J connectivity index is 2.23. The van der Waals surface area contributed by atoms with Crippen LogP contribution in [0, 0.1) is 11.6 Å². The predicted molar refractivity (Wildman–Crippen MR) is 84.3 cm³/mol. The van der Waals surface area contributed by atoms with Crippen LogP contribution in [0.15, 0.2) is 40.9 Å². The van der Waals surface area contributed by atoms with Crippen LogP contribution >= 0.6 is 28.1 Å². The van der Waals surface area contributed by atoms with Crippen LogP contribution in [-0.4, -0.2) is 10.9 Å². The van der Waals surface area contributed by atoms with Gasteiger partial charge in [-0.05, 0) is 52.3 Å². The Bertz CT molecular complexity index is 737. The van der Waals surface area contributed by atoms with Gasteiger partial charge in [0.05, 0.1) is 5.69 Å². The van der Waals surface area contributed by atoms with Crippen LogP contribution in [-0.2, 0) is 0 Å². The van der Waals surface area contributed by atoms with E-state index in [-0.39, 0.29) is 10.6 Å². The molecule has 3 nitrogen and oxygen atoms in total. The zero-order valence-corrected chi connectivity index (χ0v) is 12.9. The van der Waals surface area contributed by atoms with Crippen molar-refractivity contribution in [3.05, 3.63) is 63.6 Å². The topological polar surface area (TPSA) is 55.1 Å². The Morgan fingerprint density at radius 1 is 1.10 bits per heavy atom. The van der Waals surface area contributed by atoms with Crippen LogP contribution in [0.4, 0.5) is 14.5 Å². The Morgan fingerprint density at radius 2 is 1.76 bits per heavy atom. The molecule has 7 heteroatoms. The molecule has 0 aliphatic heterocycles. The van der Waals surface area contributed by atoms with Gasteiger partial charge >= 0.3 is 0 Å². The van der Waals surface area contributed by atoms with E-state index in [0.29, 0.717) is 15.7 Å². The standard InChI is InChI=1S/C14H9BrF2N2OS/c15-9-5-7(13(18)21)2-4-12(9)19-14(20)8-1-3-10(16)11(17)6-8/h1-6H,(H2,18,21)(H,19,20). The molecule has 0 bridgehead atoms. The van der Waals surface area contributed by atoms with Gasteiger partial charge in [-0.25, -0.2) is 8.78 Å². The number of benzene rings is 2. The van der Waals surface area contributed by atoms with Crippen molar-refractivity contribution in [1.29, 1.82) is 0 Å². The van der Waals surface area contributed by atoms with Crippen molar-refractivity contribution in [3.63, 3.8) is 0 Å². The molecule has 0 aliphatic rings. The number of halogens is 3. The molecule has 0 aliphatic carbocycles. The molecule has 0 aromatic heterocycles. The average molecular weight is 371 g/mol. The summed E-state index contributed by atoms with van der Waals surface area (Å²) >= 11 is 8.13. The molecule has 0 radical (unpaired) electrons. The van der Waals surface area contributed by atoms with Gasteiger partial charge in [0.25, 0.3) is 5.91 Å². The van der Waals surface area contributed by atoms with Crippen molar-refractivity contribution >= 4 is 44.7 Å². The minimum Gasteiger partial charge on any atom is -0.389 e. The highest BCUT2D eigenvalue weighted by Gasteiger charge is 2.12. The van der Waals surface area contributed by atoms with Crippen LogP contribution in [0.2, 0.25) is 0 Å². The van der Waals surface area contributed by atoms with Gasteiger partial charge in [-0.3, -0.25) is 4.79 Å². The molecule has 2 aromatic carbocycles. The lowest BCUT2D eigenvalue weighted by Gasteiger charge is -2.09. The van der Waals surface area contributed by atoms with Crippen molar-refractivity contribution in [2.45, 2.75) is 0 Å². The van der Waals surface area contributed by atoms with Crippen molar-refractivity contribution in [2.75, 3.05) is 5.32 Å². The van der Waals surface area contributed by atoms with Gasteiger partial charge in [-0.2, -0.15) is 0 Å². The Kier molecular flexibility index (Phi) is 4.64. The molecular weight excluding hydrogens is 362 g/mol. The molecule has 2 rings (SSSR count). The fourth-order valence-corrected chi connectivity index (χ4v) is 2.21. The predicted octanol–water partition coefficient (Wildman–Crippen LogP) is 3.61. The summed E-state index contributed by atoms with van der Waals surface area (Å²) in [4.78, 5) is 12.2. The lowest BCUT2D eigenvalue weighted by molar-refractivity contribution is 0.102. The summed E-state index contributed by atoms with van der Waals surface area (Å²) in [6.45, 7) is 0. The van der Waals surface area contributed by atoms with Gasteiger partial charge in [0, 0.05) is 15.6 Å². The highest BCUT2D eigenvalue weighted by molar-refractivity contribution is 9.10. The van der Waals surface area contributed by atoms with Crippen molar-refractivity contribution < 1.29 is 13.6 Å². The van der Waals surface area contributed by atoms with Gasteiger partial charge < -0.3 is 11.1 Å². The van der Waals surface area contributed by atoms with Crippen LogP contribution in [0.5, 0.6) is 0 Å². The van der Waals surface area contributed by atoms with Gasteiger partial charge in [0.2, 0.25) is 0 Å².